The van der Waals surface area contributed by atoms with Crippen LogP contribution in [0.25, 0.3) is 11.5 Å². The molecule has 1 aromatic carbocycles. The second-order valence-electron chi connectivity index (χ2n) is 6.79. The molecule has 0 saturated heterocycles. The molecule has 0 bridgehead atoms. The van der Waals surface area contributed by atoms with Crippen LogP contribution in [-0.4, -0.2) is 21.8 Å². The third-order valence-electron chi connectivity index (χ3n) is 4.83. The van der Waals surface area contributed by atoms with Gasteiger partial charge in [-0.2, -0.15) is 0 Å². The van der Waals surface area contributed by atoms with Crippen molar-refractivity contribution in [1.29, 1.82) is 0 Å². The maximum atomic E-state index is 13.0. The first-order valence-corrected chi connectivity index (χ1v) is 9.00. The number of nitrogens with zero attached hydrogens (tertiary/aromatic N) is 2. The summed E-state index contributed by atoms with van der Waals surface area (Å²) in [7, 11) is 0. The van der Waals surface area contributed by atoms with E-state index >= 15 is 0 Å². The molecule has 1 aliphatic carbocycles. The molecule has 4 rings (SSSR count). The van der Waals surface area contributed by atoms with Crippen LogP contribution < -0.4 is 0 Å². The van der Waals surface area contributed by atoms with E-state index in [1.54, 1.807) is 6.26 Å². The van der Waals surface area contributed by atoms with Gasteiger partial charge >= 0.3 is 0 Å². The summed E-state index contributed by atoms with van der Waals surface area (Å²) < 4.78 is 11.3. The van der Waals surface area contributed by atoms with Gasteiger partial charge in [0.2, 0.25) is 11.8 Å². The van der Waals surface area contributed by atoms with E-state index in [2.05, 4.69) is 4.98 Å². The summed E-state index contributed by atoms with van der Waals surface area (Å²) in [5, 5.41) is 0. The van der Waals surface area contributed by atoms with Gasteiger partial charge in [-0.15, -0.1) is 0 Å². The minimum atomic E-state index is -0.0780. The van der Waals surface area contributed by atoms with Gasteiger partial charge in [0.1, 0.15) is 11.5 Å². The number of aryl methyl sites for hydroxylation is 1. The predicted octanol–water partition coefficient (Wildman–Crippen LogP) is 4.54. The molecule has 1 fully saturated rings. The van der Waals surface area contributed by atoms with Crippen molar-refractivity contribution in [2.75, 3.05) is 0 Å². The van der Waals surface area contributed by atoms with Crippen LogP contribution >= 0.6 is 0 Å². The molecule has 1 aliphatic rings. The van der Waals surface area contributed by atoms with Gasteiger partial charge in [0, 0.05) is 11.6 Å². The van der Waals surface area contributed by atoms with Crippen LogP contribution in [0.2, 0.25) is 0 Å². The Balaban J connectivity index is 1.54. The van der Waals surface area contributed by atoms with Crippen LogP contribution in [0.4, 0.5) is 0 Å². The van der Waals surface area contributed by atoms with E-state index in [9.17, 15) is 4.79 Å². The number of amides is 1. The van der Waals surface area contributed by atoms with Crippen molar-refractivity contribution >= 4 is 5.91 Å². The molecule has 0 aliphatic heterocycles. The minimum Gasteiger partial charge on any atom is -0.467 e. The van der Waals surface area contributed by atoms with Crippen molar-refractivity contribution in [2.45, 2.75) is 45.2 Å². The molecule has 0 unspecified atom stereocenters. The summed E-state index contributed by atoms with van der Waals surface area (Å²) in [5.74, 6) is 2.13. The normalized spacial score (nSPS) is 15.0. The van der Waals surface area contributed by atoms with E-state index in [0.717, 1.165) is 24.2 Å². The summed E-state index contributed by atoms with van der Waals surface area (Å²) in [6, 6.07) is 13.7. The van der Waals surface area contributed by atoms with Gasteiger partial charge in [-0.1, -0.05) is 18.2 Å². The standard InChI is InChI=1S/C21H22N2O3/c1-14(19-9-6-12-25-19)23(17-10-11-17)20(24)13-18-15(2)26-21(22-18)16-7-4-3-5-8-16/h3-9,12,14,17H,10-11,13H2,1-2H3/t14-/m0/s1. The number of hydrogen-bond donors (Lipinski definition) is 0. The molecule has 5 nitrogen and oxygen atoms in total. The number of aromatic nitrogens is 1. The number of furan rings is 1. The van der Waals surface area contributed by atoms with Gasteiger partial charge in [-0.05, 0) is 51.0 Å². The van der Waals surface area contributed by atoms with Crippen molar-refractivity contribution in [1.82, 2.24) is 9.88 Å². The molecule has 26 heavy (non-hydrogen) atoms. The van der Waals surface area contributed by atoms with Gasteiger partial charge in [0.25, 0.3) is 0 Å². The Bertz CT molecular complexity index is 879. The summed E-state index contributed by atoms with van der Waals surface area (Å²) in [6.45, 7) is 3.87. The van der Waals surface area contributed by atoms with Crippen molar-refractivity contribution in [2.24, 2.45) is 0 Å². The number of carbonyl (C=O) groups is 1. The molecule has 0 spiro atoms. The SMILES string of the molecule is Cc1oc(-c2ccccc2)nc1CC(=O)N(C1CC1)[C@@H](C)c1ccco1. The Hall–Kier alpha value is -2.82. The fourth-order valence-electron chi connectivity index (χ4n) is 3.29. The molecular weight excluding hydrogens is 328 g/mol. The number of carbonyl (C=O) groups excluding carboxylic acids is 1. The van der Waals surface area contributed by atoms with E-state index in [0.29, 0.717) is 23.4 Å². The van der Waals surface area contributed by atoms with E-state index in [4.69, 9.17) is 8.83 Å². The van der Waals surface area contributed by atoms with Crippen LogP contribution in [0.15, 0.2) is 57.6 Å². The Labute approximate surface area is 152 Å². The zero-order valence-corrected chi connectivity index (χ0v) is 15.0. The highest BCUT2D eigenvalue weighted by Crippen LogP contribution is 2.35. The third kappa shape index (κ3) is 3.29. The molecular formula is C21H22N2O3. The summed E-state index contributed by atoms with van der Waals surface area (Å²) >= 11 is 0. The summed E-state index contributed by atoms with van der Waals surface area (Å²) in [4.78, 5) is 19.5. The first-order chi connectivity index (χ1) is 12.6. The lowest BCUT2D eigenvalue weighted by Gasteiger charge is -2.28. The third-order valence-corrected chi connectivity index (χ3v) is 4.83. The number of oxazole rings is 1. The number of hydrogen-bond acceptors (Lipinski definition) is 4. The Kier molecular flexibility index (Phi) is 4.37. The molecule has 2 heterocycles. The second-order valence-corrected chi connectivity index (χ2v) is 6.79. The minimum absolute atomic E-state index is 0.0624. The highest BCUT2D eigenvalue weighted by molar-refractivity contribution is 5.79. The second kappa shape index (κ2) is 6.83. The Morgan fingerprint density at radius 3 is 2.65 bits per heavy atom. The smallest absolute Gasteiger partial charge is 0.229 e. The van der Waals surface area contributed by atoms with E-state index in [1.165, 1.54) is 0 Å². The molecule has 1 atom stereocenters. The van der Waals surface area contributed by atoms with Crippen molar-refractivity contribution < 1.29 is 13.6 Å². The molecule has 1 saturated carbocycles. The highest BCUT2D eigenvalue weighted by atomic mass is 16.4. The van der Waals surface area contributed by atoms with Gasteiger partial charge in [0.05, 0.1) is 24.4 Å². The average Bonchev–Trinajstić information content (AvgIpc) is 3.18. The molecule has 0 radical (unpaired) electrons. The van der Waals surface area contributed by atoms with Crippen molar-refractivity contribution in [3.05, 3.63) is 65.9 Å². The zero-order chi connectivity index (χ0) is 18.1. The lowest BCUT2D eigenvalue weighted by Crippen LogP contribution is -2.36. The lowest BCUT2D eigenvalue weighted by molar-refractivity contribution is -0.133. The maximum absolute atomic E-state index is 13.0. The monoisotopic (exact) mass is 350 g/mol. The summed E-state index contributed by atoms with van der Waals surface area (Å²) in [5.41, 5.74) is 1.61. The molecule has 0 N–H and O–H groups in total. The van der Waals surface area contributed by atoms with Crippen molar-refractivity contribution in [3.63, 3.8) is 0 Å². The van der Waals surface area contributed by atoms with Gasteiger partial charge in [-0.25, -0.2) is 4.98 Å². The van der Waals surface area contributed by atoms with Crippen LogP contribution in [0.1, 0.15) is 43.0 Å². The molecule has 2 aromatic heterocycles. The average molecular weight is 350 g/mol. The first kappa shape index (κ1) is 16.6. The van der Waals surface area contributed by atoms with Gasteiger partial charge in [-0.3, -0.25) is 4.79 Å². The maximum Gasteiger partial charge on any atom is 0.229 e. The van der Waals surface area contributed by atoms with Crippen LogP contribution in [-0.2, 0) is 11.2 Å². The molecule has 1 amide bonds. The van der Waals surface area contributed by atoms with E-state index in [1.807, 2.05) is 61.2 Å². The van der Waals surface area contributed by atoms with Crippen molar-refractivity contribution in [3.8, 4) is 11.5 Å². The fourth-order valence-corrected chi connectivity index (χ4v) is 3.29. The number of rotatable bonds is 6. The van der Waals surface area contributed by atoms with E-state index < -0.39 is 0 Å². The molecule has 134 valence electrons. The first-order valence-electron chi connectivity index (χ1n) is 9.00. The van der Waals surface area contributed by atoms with Crippen LogP contribution in [0.3, 0.4) is 0 Å². The highest BCUT2D eigenvalue weighted by Gasteiger charge is 2.37. The van der Waals surface area contributed by atoms with Crippen LogP contribution in [0.5, 0.6) is 0 Å². The van der Waals surface area contributed by atoms with E-state index in [-0.39, 0.29) is 18.4 Å². The Morgan fingerprint density at radius 1 is 1.23 bits per heavy atom. The predicted molar refractivity (Wildman–Crippen MR) is 97.4 cm³/mol. The number of benzene rings is 1. The topological polar surface area (TPSA) is 59.5 Å². The Morgan fingerprint density at radius 2 is 2.00 bits per heavy atom. The fraction of sp³-hybridized carbons (Fsp3) is 0.333. The quantitative estimate of drug-likeness (QED) is 0.655. The molecule has 5 heteroatoms. The largest absolute Gasteiger partial charge is 0.467 e. The lowest BCUT2D eigenvalue weighted by atomic mass is 10.1. The van der Waals surface area contributed by atoms with Gasteiger partial charge < -0.3 is 13.7 Å². The van der Waals surface area contributed by atoms with Gasteiger partial charge in [0.15, 0.2) is 0 Å². The molecule has 3 aromatic rings. The van der Waals surface area contributed by atoms with Crippen LogP contribution in [0, 0.1) is 6.92 Å². The summed E-state index contributed by atoms with van der Waals surface area (Å²) in [6.07, 6.45) is 3.98. The zero-order valence-electron chi connectivity index (χ0n) is 15.0.